The van der Waals surface area contributed by atoms with Gasteiger partial charge in [0.15, 0.2) is 0 Å². The summed E-state index contributed by atoms with van der Waals surface area (Å²) in [6.07, 6.45) is 1.16. The molecule has 1 aromatic rings. The summed E-state index contributed by atoms with van der Waals surface area (Å²) >= 11 is 0. The average Bonchev–Trinajstić information content (AvgIpc) is 2.48. The maximum absolute atomic E-state index is 13.4. The van der Waals surface area contributed by atoms with E-state index >= 15 is 0 Å². The fourth-order valence-corrected chi connectivity index (χ4v) is 2.17. The number of ether oxygens (including phenoxy) is 1. The van der Waals surface area contributed by atoms with Crippen LogP contribution in [0.3, 0.4) is 0 Å². The topological polar surface area (TPSA) is 38.5 Å². The van der Waals surface area contributed by atoms with Gasteiger partial charge in [-0.25, -0.2) is 4.39 Å². The van der Waals surface area contributed by atoms with Crippen molar-refractivity contribution >= 4 is 11.4 Å². The molecular formula is C13H19FN2O. The van der Waals surface area contributed by atoms with Crippen molar-refractivity contribution in [1.29, 1.82) is 0 Å². The first kappa shape index (κ1) is 12.2. The molecule has 1 aliphatic rings. The van der Waals surface area contributed by atoms with Crippen molar-refractivity contribution < 1.29 is 9.13 Å². The zero-order chi connectivity index (χ0) is 12.4. The second-order valence-electron chi connectivity index (χ2n) is 4.64. The van der Waals surface area contributed by atoms with Crippen LogP contribution in [0.4, 0.5) is 15.8 Å². The molecule has 0 saturated carbocycles. The Morgan fingerprint density at radius 2 is 2.24 bits per heavy atom. The fourth-order valence-electron chi connectivity index (χ4n) is 2.17. The second-order valence-corrected chi connectivity index (χ2v) is 4.64. The lowest BCUT2D eigenvalue weighted by atomic mass is 10.1. The van der Waals surface area contributed by atoms with Gasteiger partial charge in [-0.2, -0.15) is 0 Å². The Balaban J connectivity index is 2.28. The van der Waals surface area contributed by atoms with Crippen LogP contribution in [0.5, 0.6) is 0 Å². The third kappa shape index (κ3) is 2.69. The van der Waals surface area contributed by atoms with Gasteiger partial charge in [0.25, 0.3) is 0 Å². The van der Waals surface area contributed by atoms with Gasteiger partial charge in [0.1, 0.15) is 5.82 Å². The molecule has 3 nitrogen and oxygen atoms in total. The molecule has 0 bridgehead atoms. The highest BCUT2D eigenvalue weighted by Crippen LogP contribution is 2.27. The normalized spacial score (nSPS) is 21.4. The van der Waals surface area contributed by atoms with Gasteiger partial charge >= 0.3 is 0 Å². The van der Waals surface area contributed by atoms with Gasteiger partial charge in [-0.3, -0.25) is 0 Å². The number of aryl methyl sites for hydroxylation is 1. The van der Waals surface area contributed by atoms with Crippen LogP contribution in [0.25, 0.3) is 0 Å². The maximum Gasteiger partial charge on any atom is 0.128 e. The largest absolute Gasteiger partial charge is 0.397 e. The number of hydrogen-bond acceptors (Lipinski definition) is 3. The molecule has 1 aliphatic heterocycles. The minimum Gasteiger partial charge on any atom is -0.397 e. The Hall–Kier alpha value is -1.29. The number of rotatable bonds is 1. The molecule has 1 atom stereocenters. The predicted octanol–water partition coefficient (Wildman–Crippen LogP) is 2.33. The number of nitrogens with zero attached hydrogens (tertiary/aromatic N) is 1. The van der Waals surface area contributed by atoms with Crippen LogP contribution in [-0.2, 0) is 4.74 Å². The molecule has 2 rings (SSSR count). The number of anilines is 2. The highest BCUT2D eigenvalue weighted by molar-refractivity contribution is 5.68. The van der Waals surface area contributed by atoms with Crippen LogP contribution in [0.2, 0.25) is 0 Å². The summed E-state index contributed by atoms with van der Waals surface area (Å²) < 4.78 is 19.0. The van der Waals surface area contributed by atoms with Gasteiger partial charge in [-0.15, -0.1) is 0 Å². The van der Waals surface area contributed by atoms with Crippen molar-refractivity contribution in [2.75, 3.05) is 30.3 Å². The molecule has 0 aromatic heterocycles. The highest BCUT2D eigenvalue weighted by Gasteiger charge is 2.18. The van der Waals surface area contributed by atoms with Crippen LogP contribution in [-0.4, -0.2) is 25.8 Å². The smallest absolute Gasteiger partial charge is 0.128 e. The Kier molecular flexibility index (Phi) is 3.52. The molecule has 0 spiro atoms. The molecule has 1 heterocycles. The Labute approximate surface area is 101 Å². The molecule has 0 aliphatic carbocycles. The summed E-state index contributed by atoms with van der Waals surface area (Å²) in [6, 6.07) is 3.23. The van der Waals surface area contributed by atoms with Gasteiger partial charge < -0.3 is 15.4 Å². The van der Waals surface area contributed by atoms with E-state index < -0.39 is 0 Å². The zero-order valence-corrected chi connectivity index (χ0v) is 10.4. The van der Waals surface area contributed by atoms with Crippen molar-refractivity contribution in [1.82, 2.24) is 0 Å². The zero-order valence-electron chi connectivity index (χ0n) is 10.4. The van der Waals surface area contributed by atoms with Crippen molar-refractivity contribution in [2.45, 2.75) is 26.4 Å². The van der Waals surface area contributed by atoms with Gasteiger partial charge in [0.05, 0.1) is 17.5 Å². The third-order valence-electron chi connectivity index (χ3n) is 3.10. The van der Waals surface area contributed by atoms with Gasteiger partial charge in [-0.1, -0.05) is 0 Å². The minimum atomic E-state index is -0.245. The molecule has 0 radical (unpaired) electrons. The van der Waals surface area contributed by atoms with Gasteiger partial charge in [0, 0.05) is 19.7 Å². The van der Waals surface area contributed by atoms with Crippen LogP contribution >= 0.6 is 0 Å². The monoisotopic (exact) mass is 238 g/mol. The summed E-state index contributed by atoms with van der Waals surface area (Å²) in [7, 11) is 0. The first-order valence-corrected chi connectivity index (χ1v) is 6.00. The van der Waals surface area contributed by atoms with Crippen LogP contribution in [0.1, 0.15) is 18.9 Å². The maximum atomic E-state index is 13.4. The number of nitrogen functional groups attached to an aromatic ring is 1. The van der Waals surface area contributed by atoms with E-state index in [1.807, 2.05) is 13.0 Å². The van der Waals surface area contributed by atoms with E-state index in [1.54, 1.807) is 6.92 Å². The van der Waals surface area contributed by atoms with E-state index in [0.29, 0.717) is 11.3 Å². The van der Waals surface area contributed by atoms with E-state index in [2.05, 4.69) is 4.90 Å². The number of benzene rings is 1. The molecule has 1 unspecified atom stereocenters. The lowest BCUT2D eigenvalue weighted by Crippen LogP contribution is -2.30. The Morgan fingerprint density at radius 3 is 3.00 bits per heavy atom. The highest BCUT2D eigenvalue weighted by atomic mass is 19.1. The Bertz CT molecular complexity index is 409. The molecule has 4 heteroatoms. The van der Waals surface area contributed by atoms with E-state index in [9.17, 15) is 4.39 Å². The molecule has 1 fully saturated rings. The first-order chi connectivity index (χ1) is 8.08. The third-order valence-corrected chi connectivity index (χ3v) is 3.10. The second kappa shape index (κ2) is 4.92. The lowest BCUT2D eigenvalue weighted by molar-refractivity contribution is 0.0821. The van der Waals surface area contributed by atoms with E-state index in [-0.39, 0.29) is 11.9 Å². The quantitative estimate of drug-likeness (QED) is 0.763. The molecule has 1 saturated heterocycles. The van der Waals surface area contributed by atoms with Gasteiger partial charge in [0.2, 0.25) is 0 Å². The summed E-state index contributed by atoms with van der Waals surface area (Å²) in [5.41, 5.74) is 7.95. The predicted molar refractivity (Wildman–Crippen MR) is 67.8 cm³/mol. The summed E-state index contributed by atoms with van der Waals surface area (Å²) in [4.78, 5) is 2.18. The van der Waals surface area contributed by atoms with Crippen LogP contribution < -0.4 is 10.6 Å². The summed E-state index contributed by atoms with van der Waals surface area (Å²) in [5, 5.41) is 0. The SMILES string of the molecule is Cc1cc(N2CCCOC(C)C2)c(N)cc1F. The van der Waals surface area contributed by atoms with Crippen LogP contribution in [0, 0.1) is 12.7 Å². The number of halogens is 1. The van der Waals surface area contributed by atoms with Crippen LogP contribution in [0.15, 0.2) is 12.1 Å². The van der Waals surface area contributed by atoms with Gasteiger partial charge in [-0.05, 0) is 38.0 Å². The molecule has 0 amide bonds. The summed E-state index contributed by atoms with van der Waals surface area (Å²) in [6.45, 7) is 6.29. The van der Waals surface area contributed by atoms with Crippen molar-refractivity contribution in [3.63, 3.8) is 0 Å². The first-order valence-electron chi connectivity index (χ1n) is 6.00. The van der Waals surface area contributed by atoms with Crippen molar-refractivity contribution in [2.24, 2.45) is 0 Å². The molecular weight excluding hydrogens is 219 g/mol. The number of nitrogens with two attached hydrogens (primary N) is 1. The minimum absolute atomic E-state index is 0.183. The molecule has 94 valence electrons. The van der Waals surface area contributed by atoms with Crippen molar-refractivity contribution in [3.8, 4) is 0 Å². The molecule has 17 heavy (non-hydrogen) atoms. The number of hydrogen-bond donors (Lipinski definition) is 1. The molecule has 1 aromatic carbocycles. The lowest BCUT2D eigenvalue weighted by Gasteiger charge is -2.26. The molecule has 2 N–H and O–H groups in total. The fraction of sp³-hybridized carbons (Fsp3) is 0.538. The average molecular weight is 238 g/mol. The summed E-state index contributed by atoms with van der Waals surface area (Å²) in [5.74, 6) is -0.245. The van der Waals surface area contributed by atoms with E-state index in [4.69, 9.17) is 10.5 Å². The van der Waals surface area contributed by atoms with E-state index in [0.717, 1.165) is 31.8 Å². The Morgan fingerprint density at radius 1 is 1.47 bits per heavy atom. The van der Waals surface area contributed by atoms with Crippen molar-refractivity contribution in [3.05, 3.63) is 23.5 Å². The standard InChI is InChI=1S/C13H19FN2O/c1-9-6-13(12(15)7-11(9)14)16-4-3-5-17-10(2)8-16/h6-7,10H,3-5,8,15H2,1-2H3. The van der Waals surface area contributed by atoms with E-state index in [1.165, 1.54) is 6.07 Å².